The zero-order chi connectivity index (χ0) is 18.1. The summed E-state index contributed by atoms with van der Waals surface area (Å²) in [6, 6.07) is 6.31. The second-order valence-electron chi connectivity index (χ2n) is 7.42. The van der Waals surface area contributed by atoms with Gasteiger partial charge in [-0.15, -0.1) is 0 Å². The number of hydrogen-bond acceptors (Lipinski definition) is 3. The van der Waals surface area contributed by atoms with Crippen molar-refractivity contribution in [2.24, 2.45) is 5.73 Å². The molecular weight excluding hydrogens is 310 g/mol. The van der Waals surface area contributed by atoms with Crippen LogP contribution in [0.25, 0.3) is 6.08 Å². The first kappa shape index (κ1) is 19.7. The molecule has 3 heteroatoms. The fraction of sp³-hybridized carbons (Fsp3) is 0.545. The summed E-state index contributed by atoms with van der Waals surface area (Å²) in [6.45, 7) is 4.89. The molecule has 1 aromatic rings. The molecule has 1 aliphatic rings. The van der Waals surface area contributed by atoms with Crippen LogP contribution in [-0.2, 0) is 0 Å². The molecule has 0 heterocycles. The summed E-state index contributed by atoms with van der Waals surface area (Å²) >= 11 is 0. The van der Waals surface area contributed by atoms with Crippen molar-refractivity contribution < 1.29 is 9.84 Å². The van der Waals surface area contributed by atoms with Crippen LogP contribution >= 0.6 is 0 Å². The van der Waals surface area contributed by atoms with E-state index in [9.17, 15) is 5.11 Å². The maximum absolute atomic E-state index is 9.48. The molecule has 0 unspecified atom stereocenters. The maximum atomic E-state index is 9.48. The summed E-state index contributed by atoms with van der Waals surface area (Å²) in [5, 5.41) is 9.48. The SMILES string of the molecule is CCCCCCCOc1ccc2c(c1)C=CC=C[C@H]2C[C@](C)(N)CO. The molecule has 1 aliphatic carbocycles. The van der Waals surface area contributed by atoms with E-state index in [2.05, 4.69) is 49.4 Å². The predicted molar refractivity (Wildman–Crippen MR) is 106 cm³/mol. The summed E-state index contributed by atoms with van der Waals surface area (Å²) < 4.78 is 5.93. The summed E-state index contributed by atoms with van der Waals surface area (Å²) in [4.78, 5) is 0. The molecule has 25 heavy (non-hydrogen) atoms. The average molecular weight is 344 g/mol. The van der Waals surface area contributed by atoms with Gasteiger partial charge in [0.15, 0.2) is 0 Å². The lowest BCUT2D eigenvalue weighted by atomic mass is 9.84. The van der Waals surface area contributed by atoms with E-state index in [1.165, 1.54) is 36.8 Å². The molecule has 0 radical (unpaired) electrons. The molecule has 0 aromatic heterocycles. The van der Waals surface area contributed by atoms with Crippen molar-refractivity contribution in [3.63, 3.8) is 0 Å². The van der Waals surface area contributed by atoms with Gasteiger partial charge in [-0.1, -0.05) is 63.0 Å². The van der Waals surface area contributed by atoms with Crippen molar-refractivity contribution in [1.29, 1.82) is 0 Å². The van der Waals surface area contributed by atoms with Crippen LogP contribution in [0.1, 0.15) is 69.4 Å². The number of nitrogens with two attached hydrogens (primary N) is 1. The third-order valence-corrected chi connectivity index (χ3v) is 4.75. The molecule has 1 aromatic carbocycles. The van der Waals surface area contributed by atoms with Crippen molar-refractivity contribution in [2.75, 3.05) is 13.2 Å². The second kappa shape index (κ2) is 9.79. The smallest absolute Gasteiger partial charge is 0.119 e. The molecule has 2 atom stereocenters. The normalized spacial score (nSPS) is 18.5. The Balaban J connectivity index is 1.99. The summed E-state index contributed by atoms with van der Waals surface area (Å²) in [6.07, 6.45) is 15.3. The minimum atomic E-state index is -0.579. The van der Waals surface area contributed by atoms with Gasteiger partial charge in [-0.05, 0) is 43.0 Å². The Morgan fingerprint density at radius 2 is 1.96 bits per heavy atom. The molecule has 0 amide bonds. The zero-order valence-electron chi connectivity index (χ0n) is 15.7. The van der Waals surface area contributed by atoms with Gasteiger partial charge in [-0.25, -0.2) is 0 Å². The summed E-state index contributed by atoms with van der Waals surface area (Å²) in [5.41, 5.74) is 8.01. The minimum absolute atomic E-state index is 0.0146. The maximum Gasteiger partial charge on any atom is 0.119 e. The van der Waals surface area contributed by atoms with E-state index < -0.39 is 5.54 Å². The quantitative estimate of drug-likeness (QED) is 0.600. The molecule has 0 saturated heterocycles. The lowest BCUT2D eigenvalue weighted by molar-refractivity contribution is 0.197. The van der Waals surface area contributed by atoms with Crippen LogP contribution in [0.5, 0.6) is 5.75 Å². The van der Waals surface area contributed by atoms with Crippen LogP contribution in [0, 0.1) is 0 Å². The molecule has 3 N–H and O–H groups in total. The van der Waals surface area contributed by atoms with Crippen LogP contribution in [-0.4, -0.2) is 23.9 Å². The molecule has 138 valence electrons. The van der Waals surface area contributed by atoms with Gasteiger partial charge in [0.05, 0.1) is 13.2 Å². The van der Waals surface area contributed by atoms with E-state index in [0.717, 1.165) is 18.8 Å². The van der Waals surface area contributed by atoms with E-state index in [4.69, 9.17) is 10.5 Å². The van der Waals surface area contributed by atoms with Crippen molar-refractivity contribution in [3.05, 3.63) is 47.6 Å². The third kappa shape index (κ3) is 6.33. The van der Waals surface area contributed by atoms with Gasteiger partial charge in [0, 0.05) is 11.5 Å². The Bertz CT molecular complexity index is 590. The van der Waals surface area contributed by atoms with Crippen LogP contribution < -0.4 is 10.5 Å². The number of ether oxygens (including phenoxy) is 1. The second-order valence-corrected chi connectivity index (χ2v) is 7.42. The molecule has 0 fully saturated rings. The molecule has 0 saturated carbocycles. The molecule has 3 nitrogen and oxygen atoms in total. The highest BCUT2D eigenvalue weighted by atomic mass is 16.5. The van der Waals surface area contributed by atoms with Crippen molar-refractivity contribution in [2.45, 2.75) is 63.8 Å². The van der Waals surface area contributed by atoms with Crippen LogP contribution in [0.4, 0.5) is 0 Å². The van der Waals surface area contributed by atoms with Gasteiger partial charge in [0.25, 0.3) is 0 Å². The predicted octanol–water partition coefficient (Wildman–Crippen LogP) is 4.80. The molecule has 2 rings (SSSR count). The Kier molecular flexibility index (Phi) is 7.73. The van der Waals surface area contributed by atoms with Crippen LogP contribution in [0.2, 0.25) is 0 Å². The molecular formula is C22H33NO2. The topological polar surface area (TPSA) is 55.5 Å². The number of aliphatic hydroxyl groups excluding tert-OH is 1. The van der Waals surface area contributed by atoms with E-state index in [-0.39, 0.29) is 12.5 Å². The van der Waals surface area contributed by atoms with E-state index in [0.29, 0.717) is 6.42 Å². The molecule has 0 aliphatic heterocycles. The number of aliphatic hydroxyl groups is 1. The number of unbranched alkanes of at least 4 members (excludes halogenated alkanes) is 4. The molecule has 0 bridgehead atoms. The van der Waals surface area contributed by atoms with Crippen molar-refractivity contribution in [1.82, 2.24) is 0 Å². The number of allylic oxidation sites excluding steroid dienone is 3. The standard InChI is InChI=1S/C22H33NO2/c1-3-4-5-6-9-14-25-20-12-13-21-18(15-20)10-7-8-11-19(21)16-22(2,23)17-24/h7-8,10-13,15,19,24H,3-6,9,14,16-17,23H2,1-2H3/t19-,22-/m0/s1. The van der Waals surface area contributed by atoms with Gasteiger partial charge in [-0.2, -0.15) is 0 Å². The fourth-order valence-electron chi connectivity index (χ4n) is 3.23. The van der Waals surface area contributed by atoms with Gasteiger partial charge < -0.3 is 15.6 Å². The zero-order valence-corrected chi connectivity index (χ0v) is 15.7. The lowest BCUT2D eigenvalue weighted by Gasteiger charge is -2.27. The van der Waals surface area contributed by atoms with Gasteiger partial charge in [-0.3, -0.25) is 0 Å². The number of benzene rings is 1. The van der Waals surface area contributed by atoms with E-state index in [1.54, 1.807) is 0 Å². The lowest BCUT2D eigenvalue weighted by Crippen LogP contribution is -2.41. The first-order chi connectivity index (χ1) is 12.1. The highest BCUT2D eigenvalue weighted by molar-refractivity contribution is 5.61. The van der Waals surface area contributed by atoms with Crippen LogP contribution in [0.3, 0.4) is 0 Å². The van der Waals surface area contributed by atoms with Crippen molar-refractivity contribution >= 4 is 6.08 Å². The van der Waals surface area contributed by atoms with Crippen LogP contribution in [0.15, 0.2) is 36.4 Å². The van der Waals surface area contributed by atoms with Gasteiger partial charge >= 0.3 is 0 Å². The Morgan fingerprint density at radius 1 is 1.16 bits per heavy atom. The van der Waals surface area contributed by atoms with Gasteiger partial charge in [0.1, 0.15) is 5.75 Å². The number of rotatable bonds is 10. The van der Waals surface area contributed by atoms with E-state index >= 15 is 0 Å². The molecule has 0 spiro atoms. The third-order valence-electron chi connectivity index (χ3n) is 4.75. The summed E-state index contributed by atoms with van der Waals surface area (Å²) in [5.74, 6) is 1.13. The average Bonchev–Trinajstić information content (AvgIpc) is 2.79. The Labute approximate surface area is 152 Å². The largest absolute Gasteiger partial charge is 0.494 e. The Morgan fingerprint density at radius 3 is 2.72 bits per heavy atom. The highest BCUT2D eigenvalue weighted by Gasteiger charge is 2.24. The summed E-state index contributed by atoms with van der Waals surface area (Å²) in [7, 11) is 0. The minimum Gasteiger partial charge on any atom is -0.494 e. The first-order valence-corrected chi connectivity index (χ1v) is 9.57. The van der Waals surface area contributed by atoms with Crippen molar-refractivity contribution in [3.8, 4) is 5.75 Å². The highest BCUT2D eigenvalue weighted by Crippen LogP contribution is 2.33. The first-order valence-electron chi connectivity index (χ1n) is 9.57. The number of fused-ring (bicyclic) bond motifs is 1. The monoisotopic (exact) mass is 343 g/mol. The Hall–Kier alpha value is -1.58. The number of hydrogen-bond donors (Lipinski definition) is 2. The fourth-order valence-corrected chi connectivity index (χ4v) is 3.23. The van der Waals surface area contributed by atoms with Gasteiger partial charge in [0.2, 0.25) is 0 Å². The van der Waals surface area contributed by atoms with E-state index in [1.807, 2.05) is 6.92 Å².